The van der Waals surface area contributed by atoms with Crippen LogP contribution in [0.5, 0.6) is 5.75 Å². The molecule has 1 aliphatic rings. The molecule has 2 aromatic rings. The molecule has 27 heavy (non-hydrogen) atoms. The predicted molar refractivity (Wildman–Crippen MR) is 114 cm³/mol. The highest BCUT2D eigenvalue weighted by atomic mass is 32.1. The molecule has 1 aromatic carbocycles. The van der Waals surface area contributed by atoms with Gasteiger partial charge in [0.2, 0.25) is 0 Å². The Balaban J connectivity index is 1.51. The molecule has 1 aliphatic heterocycles. The van der Waals surface area contributed by atoms with Gasteiger partial charge in [-0.25, -0.2) is 0 Å². The number of guanidine groups is 1. The molecule has 2 N–H and O–H groups in total. The van der Waals surface area contributed by atoms with Gasteiger partial charge in [-0.15, -0.1) is 11.3 Å². The van der Waals surface area contributed by atoms with E-state index in [1.165, 1.54) is 36.4 Å². The summed E-state index contributed by atoms with van der Waals surface area (Å²) in [5.41, 5.74) is 1.21. The molecule has 1 atom stereocenters. The van der Waals surface area contributed by atoms with Crippen molar-refractivity contribution in [3.05, 3.63) is 52.2 Å². The summed E-state index contributed by atoms with van der Waals surface area (Å²) in [5, 5.41) is 9.12. The van der Waals surface area contributed by atoms with Crippen LogP contribution in [0.4, 0.5) is 0 Å². The van der Waals surface area contributed by atoms with Crippen molar-refractivity contribution in [2.45, 2.75) is 25.3 Å². The van der Waals surface area contributed by atoms with Crippen LogP contribution < -0.4 is 15.4 Å². The monoisotopic (exact) mass is 386 g/mol. The second kappa shape index (κ2) is 10.3. The second-order valence-corrected chi connectivity index (χ2v) is 7.70. The first-order valence-corrected chi connectivity index (χ1v) is 10.5. The summed E-state index contributed by atoms with van der Waals surface area (Å²) in [6, 6.07) is 13.0. The van der Waals surface area contributed by atoms with Crippen LogP contribution in [-0.4, -0.2) is 51.2 Å². The van der Waals surface area contributed by atoms with Gasteiger partial charge < -0.3 is 15.4 Å². The van der Waals surface area contributed by atoms with Crippen LogP contribution in [0.25, 0.3) is 0 Å². The van der Waals surface area contributed by atoms with Gasteiger partial charge in [0.1, 0.15) is 5.75 Å². The number of hydrogen-bond donors (Lipinski definition) is 2. The van der Waals surface area contributed by atoms with Gasteiger partial charge in [-0.1, -0.05) is 24.3 Å². The minimum atomic E-state index is 0.417. The van der Waals surface area contributed by atoms with Crippen LogP contribution in [0.15, 0.2) is 46.8 Å². The number of thiophene rings is 1. The third-order valence-corrected chi connectivity index (χ3v) is 5.99. The minimum Gasteiger partial charge on any atom is -0.496 e. The molecule has 5 nitrogen and oxygen atoms in total. The average Bonchev–Trinajstić information content (AvgIpc) is 3.42. The summed E-state index contributed by atoms with van der Waals surface area (Å²) >= 11 is 1.84. The Morgan fingerprint density at radius 3 is 2.70 bits per heavy atom. The first-order valence-electron chi connectivity index (χ1n) is 9.65. The second-order valence-electron chi connectivity index (χ2n) is 6.72. The summed E-state index contributed by atoms with van der Waals surface area (Å²) in [6.45, 7) is 4.05. The highest BCUT2D eigenvalue weighted by molar-refractivity contribution is 7.10. The summed E-state index contributed by atoms with van der Waals surface area (Å²) in [6.07, 6.45) is 3.49. The Hall–Kier alpha value is -2.05. The summed E-state index contributed by atoms with van der Waals surface area (Å²) in [7, 11) is 3.55. The van der Waals surface area contributed by atoms with Crippen molar-refractivity contribution in [2.24, 2.45) is 4.99 Å². The maximum Gasteiger partial charge on any atom is 0.191 e. The van der Waals surface area contributed by atoms with Crippen molar-refractivity contribution in [1.29, 1.82) is 0 Å². The molecule has 3 rings (SSSR count). The normalized spacial score (nSPS) is 16.3. The number of para-hydroxylation sites is 1. The number of rotatable bonds is 8. The van der Waals surface area contributed by atoms with Crippen molar-refractivity contribution in [3.63, 3.8) is 0 Å². The highest BCUT2D eigenvalue weighted by Crippen LogP contribution is 2.27. The molecule has 146 valence electrons. The number of nitrogens with zero attached hydrogens (tertiary/aromatic N) is 2. The van der Waals surface area contributed by atoms with E-state index < -0.39 is 0 Å². The maximum atomic E-state index is 5.43. The fourth-order valence-electron chi connectivity index (χ4n) is 3.58. The van der Waals surface area contributed by atoms with Crippen LogP contribution in [-0.2, 0) is 6.42 Å². The first-order chi connectivity index (χ1) is 13.3. The number of aliphatic imine (C=N–C) groups is 1. The van der Waals surface area contributed by atoms with Gasteiger partial charge in [-0.3, -0.25) is 9.89 Å². The maximum absolute atomic E-state index is 5.43. The van der Waals surface area contributed by atoms with Crippen molar-refractivity contribution >= 4 is 17.3 Å². The van der Waals surface area contributed by atoms with Crippen LogP contribution in [0.1, 0.15) is 29.3 Å². The molecule has 1 fully saturated rings. The number of nitrogens with one attached hydrogen (secondary N) is 2. The van der Waals surface area contributed by atoms with Gasteiger partial charge >= 0.3 is 0 Å². The molecule has 0 aliphatic carbocycles. The SMILES string of the molecule is CN=C(NCCc1ccccc1OC)NCC(c1cccs1)N1CCCC1. The Morgan fingerprint density at radius 1 is 1.19 bits per heavy atom. The van der Waals surface area contributed by atoms with E-state index in [-0.39, 0.29) is 0 Å². The minimum absolute atomic E-state index is 0.417. The number of ether oxygens (including phenoxy) is 1. The molecule has 0 bridgehead atoms. The lowest BCUT2D eigenvalue weighted by Gasteiger charge is -2.27. The van der Waals surface area contributed by atoms with Crippen LogP contribution in [0.3, 0.4) is 0 Å². The summed E-state index contributed by atoms with van der Waals surface area (Å²) in [5.74, 6) is 1.79. The number of benzene rings is 1. The van der Waals surface area contributed by atoms with Gasteiger partial charge in [0.15, 0.2) is 5.96 Å². The third kappa shape index (κ3) is 5.47. The molecule has 2 heterocycles. The zero-order valence-corrected chi connectivity index (χ0v) is 17.1. The molecule has 0 spiro atoms. The fourth-order valence-corrected chi connectivity index (χ4v) is 4.44. The smallest absolute Gasteiger partial charge is 0.191 e. The van der Waals surface area contributed by atoms with Crippen molar-refractivity contribution in [3.8, 4) is 5.75 Å². The van der Waals surface area contributed by atoms with Gasteiger partial charge in [0, 0.05) is 25.0 Å². The van der Waals surface area contributed by atoms with E-state index in [1.807, 2.05) is 36.6 Å². The van der Waals surface area contributed by atoms with Crippen molar-refractivity contribution in [1.82, 2.24) is 15.5 Å². The van der Waals surface area contributed by atoms with Gasteiger partial charge in [0.25, 0.3) is 0 Å². The van der Waals surface area contributed by atoms with E-state index in [0.717, 1.165) is 31.2 Å². The van der Waals surface area contributed by atoms with Gasteiger partial charge in [-0.2, -0.15) is 0 Å². The van der Waals surface area contributed by atoms with E-state index >= 15 is 0 Å². The molecule has 0 saturated carbocycles. The lowest BCUT2D eigenvalue weighted by Crippen LogP contribution is -2.43. The lowest BCUT2D eigenvalue weighted by atomic mass is 10.1. The Morgan fingerprint density at radius 2 is 2.00 bits per heavy atom. The standard InChI is InChI=1S/C21H30N4OS/c1-22-21(23-12-11-17-8-3-4-9-19(17)26-2)24-16-18(20-10-7-15-27-20)25-13-5-6-14-25/h3-4,7-10,15,18H,5-6,11-14,16H2,1-2H3,(H2,22,23,24). The molecular formula is C21H30N4OS. The third-order valence-electron chi connectivity index (χ3n) is 5.02. The summed E-state index contributed by atoms with van der Waals surface area (Å²) < 4.78 is 5.43. The summed E-state index contributed by atoms with van der Waals surface area (Å²) in [4.78, 5) is 8.40. The highest BCUT2D eigenvalue weighted by Gasteiger charge is 2.24. The number of methoxy groups -OCH3 is 1. The Kier molecular flexibility index (Phi) is 7.54. The molecule has 1 unspecified atom stereocenters. The molecule has 0 amide bonds. The van der Waals surface area contributed by atoms with E-state index in [1.54, 1.807) is 7.11 Å². The molecule has 1 aromatic heterocycles. The van der Waals surface area contributed by atoms with E-state index in [0.29, 0.717) is 6.04 Å². The molecule has 1 saturated heterocycles. The van der Waals surface area contributed by atoms with E-state index in [9.17, 15) is 0 Å². The topological polar surface area (TPSA) is 48.9 Å². The van der Waals surface area contributed by atoms with Crippen molar-refractivity contribution in [2.75, 3.05) is 40.3 Å². The molecule has 6 heteroatoms. The average molecular weight is 387 g/mol. The first kappa shape index (κ1) is 19.7. The van der Waals surface area contributed by atoms with Crippen LogP contribution in [0, 0.1) is 0 Å². The number of likely N-dealkylation sites (tertiary alicyclic amines) is 1. The zero-order chi connectivity index (χ0) is 18.9. The van der Waals surface area contributed by atoms with Crippen molar-refractivity contribution < 1.29 is 4.74 Å². The van der Waals surface area contributed by atoms with Gasteiger partial charge in [-0.05, 0) is 55.4 Å². The Labute approximate surface area is 166 Å². The number of hydrogen-bond acceptors (Lipinski definition) is 4. The molecule has 0 radical (unpaired) electrons. The lowest BCUT2D eigenvalue weighted by molar-refractivity contribution is 0.249. The zero-order valence-electron chi connectivity index (χ0n) is 16.3. The van der Waals surface area contributed by atoms with Gasteiger partial charge in [0.05, 0.1) is 13.2 Å². The van der Waals surface area contributed by atoms with E-state index in [4.69, 9.17) is 4.74 Å². The van der Waals surface area contributed by atoms with Crippen LogP contribution >= 0.6 is 11.3 Å². The Bertz CT molecular complexity index is 711. The largest absolute Gasteiger partial charge is 0.496 e. The van der Waals surface area contributed by atoms with E-state index in [2.05, 4.69) is 44.1 Å². The van der Waals surface area contributed by atoms with Crippen LogP contribution in [0.2, 0.25) is 0 Å². The fraction of sp³-hybridized carbons (Fsp3) is 0.476. The molecular weight excluding hydrogens is 356 g/mol. The quantitative estimate of drug-likeness (QED) is 0.540. The predicted octanol–water partition coefficient (Wildman–Crippen LogP) is 3.30.